The summed E-state index contributed by atoms with van der Waals surface area (Å²) in [5.74, 6) is 0.283. The number of nitrogens with zero attached hydrogens (tertiary/aromatic N) is 2. The normalized spacial score (nSPS) is 10.6. The van der Waals surface area contributed by atoms with Crippen molar-refractivity contribution in [2.45, 2.75) is 26.4 Å². The maximum Gasteiger partial charge on any atom is 0.306 e. The molecule has 0 radical (unpaired) electrons. The van der Waals surface area contributed by atoms with Gasteiger partial charge in [-0.25, -0.2) is 0 Å². The zero-order valence-electron chi connectivity index (χ0n) is 13.6. The van der Waals surface area contributed by atoms with E-state index in [1.165, 1.54) is 6.26 Å². The number of hydrogen-bond donors (Lipinski definition) is 0. The lowest BCUT2D eigenvalue weighted by Crippen LogP contribution is -2.09. The van der Waals surface area contributed by atoms with Crippen LogP contribution in [0.2, 0.25) is 0 Å². The molecule has 128 valence electrons. The summed E-state index contributed by atoms with van der Waals surface area (Å²) in [6.07, 6.45) is 1.58. The first-order valence-corrected chi connectivity index (χ1v) is 7.74. The second-order valence-electron chi connectivity index (χ2n) is 5.44. The minimum Gasteiger partial charge on any atom is -0.459 e. The number of hydrogen-bond acceptors (Lipinski definition) is 7. The van der Waals surface area contributed by atoms with Gasteiger partial charge >= 0.3 is 5.97 Å². The molecule has 0 aliphatic heterocycles. The second kappa shape index (κ2) is 7.57. The van der Waals surface area contributed by atoms with Gasteiger partial charge in [0.1, 0.15) is 0 Å². The van der Waals surface area contributed by atoms with Crippen molar-refractivity contribution < 1.29 is 23.3 Å². The molecule has 7 nitrogen and oxygen atoms in total. The number of carbonyl (C=O) groups excluding carboxylic acids is 2. The summed E-state index contributed by atoms with van der Waals surface area (Å²) in [5.41, 5.74) is 1.66. The minimum atomic E-state index is -0.496. The number of rotatable bonds is 7. The van der Waals surface area contributed by atoms with Crippen molar-refractivity contribution in [2.24, 2.45) is 0 Å². The van der Waals surface area contributed by atoms with Crippen LogP contribution in [0, 0.1) is 6.92 Å². The Morgan fingerprint density at radius 3 is 2.64 bits per heavy atom. The predicted octanol–water partition coefficient (Wildman–Crippen LogP) is 3.34. The van der Waals surface area contributed by atoms with Gasteiger partial charge in [0.15, 0.2) is 18.2 Å². The lowest BCUT2D eigenvalue weighted by Gasteiger charge is -2.03. The van der Waals surface area contributed by atoms with Gasteiger partial charge in [-0.3, -0.25) is 9.59 Å². The Morgan fingerprint density at radius 1 is 1.12 bits per heavy atom. The van der Waals surface area contributed by atoms with Gasteiger partial charge in [0.25, 0.3) is 5.89 Å². The van der Waals surface area contributed by atoms with Crippen LogP contribution in [0.5, 0.6) is 0 Å². The quantitative estimate of drug-likeness (QED) is 0.481. The fraction of sp³-hybridized carbons (Fsp3) is 0.222. The second-order valence-corrected chi connectivity index (χ2v) is 5.44. The Morgan fingerprint density at radius 2 is 1.92 bits per heavy atom. The van der Waals surface area contributed by atoms with Gasteiger partial charge < -0.3 is 13.7 Å². The van der Waals surface area contributed by atoms with E-state index in [1.54, 1.807) is 24.3 Å². The standard InChI is InChI=1S/C18H16N2O5/c1-12-4-6-13(7-5-12)14(21)8-9-17(22)24-11-16-19-18(25-20-16)15-3-2-10-23-15/h2-7,10H,8-9,11H2,1H3. The molecule has 0 amide bonds. The van der Waals surface area contributed by atoms with Crippen molar-refractivity contribution in [1.82, 2.24) is 10.1 Å². The van der Waals surface area contributed by atoms with E-state index in [4.69, 9.17) is 13.7 Å². The van der Waals surface area contributed by atoms with E-state index >= 15 is 0 Å². The third kappa shape index (κ3) is 4.41. The molecule has 3 aromatic rings. The van der Waals surface area contributed by atoms with Gasteiger partial charge in [-0.1, -0.05) is 35.0 Å². The largest absolute Gasteiger partial charge is 0.459 e. The molecule has 0 bridgehead atoms. The van der Waals surface area contributed by atoms with Crippen LogP contribution in [0.4, 0.5) is 0 Å². The maximum atomic E-state index is 12.0. The molecular weight excluding hydrogens is 324 g/mol. The monoisotopic (exact) mass is 340 g/mol. The number of benzene rings is 1. The summed E-state index contributed by atoms with van der Waals surface area (Å²) in [7, 11) is 0. The Kier molecular flexibility index (Phi) is 5.03. The number of ketones is 1. The number of Topliss-reactive ketones (excluding diaryl/α,β-unsaturated/α-hetero) is 1. The summed E-state index contributed by atoms with van der Waals surface area (Å²) in [6.45, 7) is 1.82. The molecule has 0 saturated heterocycles. The third-order valence-corrected chi connectivity index (χ3v) is 3.49. The summed E-state index contributed by atoms with van der Waals surface area (Å²) < 4.78 is 15.2. The van der Waals surface area contributed by atoms with Crippen LogP contribution in [-0.4, -0.2) is 21.9 Å². The molecule has 0 N–H and O–H groups in total. The van der Waals surface area contributed by atoms with Crippen LogP contribution in [-0.2, 0) is 16.1 Å². The molecule has 3 rings (SSSR count). The van der Waals surface area contributed by atoms with Crippen LogP contribution in [0.15, 0.2) is 51.6 Å². The number of furan rings is 1. The van der Waals surface area contributed by atoms with Crippen molar-refractivity contribution in [3.63, 3.8) is 0 Å². The molecule has 0 unspecified atom stereocenters. The highest BCUT2D eigenvalue weighted by molar-refractivity contribution is 5.97. The topological polar surface area (TPSA) is 95.4 Å². The van der Waals surface area contributed by atoms with Crippen LogP contribution in [0.1, 0.15) is 34.6 Å². The lowest BCUT2D eigenvalue weighted by molar-refractivity contribution is -0.145. The van der Waals surface area contributed by atoms with Crippen molar-refractivity contribution in [2.75, 3.05) is 0 Å². The molecule has 0 saturated carbocycles. The fourth-order valence-corrected chi connectivity index (χ4v) is 2.13. The molecule has 0 fully saturated rings. The van der Waals surface area contributed by atoms with Gasteiger partial charge in [-0.15, -0.1) is 0 Å². The number of aryl methyl sites for hydroxylation is 1. The summed E-state index contributed by atoms with van der Waals surface area (Å²) in [6, 6.07) is 10.6. The first-order valence-electron chi connectivity index (χ1n) is 7.74. The Hall–Kier alpha value is -3.22. The van der Waals surface area contributed by atoms with Crippen LogP contribution < -0.4 is 0 Å². The molecule has 2 heterocycles. The van der Waals surface area contributed by atoms with E-state index in [0.29, 0.717) is 11.3 Å². The Balaban J connectivity index is 1.45. The molecule has 25 heavy (non-hydrogen) atoms. The number of esters is 1. The molecule has 0 aliphatic rings. The highest BCUT2D eigenvalue weighted by Crippen LogP contribution is 2.17. The first kappa shape index (κ1) is 16.6. The average molecular weight is 340 g/mol. The highest BCUT2D eigenvalue weighted by Gasteiger charge is 2.14. The van der Waals surface area contributed by atoms with Gasteiger partial charge in [-0.2, -0.15) is 4.98 Å². The van der Waals surface area contributed by atoms with Crippen molar-refractivity contribution in [3.05, 3.63) is 59.6 Å². The maximum absolute atomic E-state index is 12.0. The van der Waals surface area contributed by atoms with E-state index in [1.807, 2.05) is 19.1 Å². The van der Waals surface area contributed by atoms with Crippen molar-refractivity contribution in [1.29, 1.82) is 0 Å². The number of aromatic nitrogens is 2. The van der Waals surface area contributed by atoms with Crippen LogP contribution >= 0.6 is 0 Å². The minimum absolute atomic E-state index is 0.00436. The van der Waals surface area contributed by atoms with Crippen LogP contribution in [0.3, 0.4) is 0 Å². The van der Waals surface area contributed by atoms with Crippen LogP contribution in [0.25, 0.3) is 11.7 Å². The number of ether oxygens (including phenoxy) is 1. The summed E-state index contributed by atoms with van der Waals surface area (Å²) >= 11 is 0. The van der Waals surface area contributed by atoms with Gasteiger partial charge in [0.2, 0.25) is 5.82 Å². The Labute approximate surface area is 143 Å². The molecular formula is C18H16N2O5. The smallest absolute Gasteiger partial charge is 0.306 e. The molecule has 0 aliphatic carbocycles. The Bertz CT molecular complexity index is 850. The van der Waals surface area contributed by atoms with Crippen molar-refractivity contribution >= 4 is 11.8 Å². The summed E-state index contributed by atoms with van der Waals surface area (Å²) in [5, 5.41) is 3.70. The molecule has 7 heteroatoms. The molecule has 0 spiro atoms. The van der Waals surface area contributed by atoms with E-state index in [2.05, 4.69) is 10.1 Å². The first-order chi connectivity index (χ1) is 12.1. The van der Waals surface area contributed by atoms with E-state index in [9.17, 15) is 9.59 Å². The van der Waals surface area contributed by atoms with Gasteiger partial charge in [-0.05, 0) is 19.1 Å². The van der Waals surface area contributed by atoms with E-state index in [-0.39, 0.29) is 36.9 Å². The lowest BCUT2D eigenvalue weighted by atomic mass is 10.1. The molecule has 0 atom stereocenters. The summed E-state index contributed by atoms with van der Waals surface area (Å²) in [4.78, 5) is 27.8. The average Bonchev–Trinajstić information content (AvgIpc) is 3.29. The predicted molar refractivity (Wildman–Crippen MR) is 86.5 cm³/mol. The zero-order chi connectivity index (χ0) is 17.6. The van der Waals surface area contributed by atoms with E-state index < -0.39 is 5.97 Å². The fourth-order valence-electron chi connectivity index (χ4n) is 2.13. The highest BCUT2D eigenvalue weighted by atomic mass is 16.5. The third-order valence-electron chi connectivity index (χ3n) is 3.49. The number of carbonyl (C=O) groups is 2. The van der Waals surface area contributed by atoms with Gasteiger partial charge in [0, 0.05) is 12.0 Å². The zero-order valence-corrected chi connectivity index (χ0v) is 13.6. The SMILES string of the molecule is Cc1ccc(C(=O)CCC(=O)OCc2noc(-c3ccco3)n2)cc1. The van der Waals surface area contributed by atoms with E-state index in [0.717, 1.165) is 5.56 Å². The molecule has 1 aromatic carbocycles. The van der Waals surface area contributed by atoms with Gasteiger partial charge in [0.05, 0.1) is 12.7 Å². The van der Waals surface area contributed by atoms with Crippen molar-refractivity contribution in [3.8, 4) is 11.7 Å². The molecule has 2 aromatic heterocycles.